The lowest BCUT2D eigenvalue weighted by Gasteiger charge is -2.28. The molecule has 2 aliphatic rings. The van der Waals surface area contributed by atoms with Crippen LogP contribution in [0.5, 0.6) is 0 Å². The standard InChI is InChI=1S/C28H36ClFN4O4/c1-38-17-16-34(15-10-23(27(36)37)33-26(35)21-5-2-6-22(30)24(21)29)18-28(12-13-28)11-9-20-8-7-19-4-3-14-31-25(19)32-20/h2,5-8,23H,3-4,9-18H2,1H3,(H,31,32)(H,33,35)(H,36,37). The minimum atomic E-state index is -1.15. The summed E-state index contributed by atoms with van der Waals surface area (Å²) in [7, 11) is 1.64. The molecule has 1 aliphatic carbocycles. The van der Waals surface area contributed by atoms with Gasteiger partial charge in [0.15, 0.2) is 0 Å². The number of anilines is 1. The van der Waals surface area contributed by atoms with Gasteiger partial charge < -0.3 is 25.4 Å². The van der Waals surface area contributed by atoms with Gasteiger partial charge >= 0.3 is 5.97 Å². The third-order valence-electron chi connectivity index (χ3n) is 7.52. The molecule has 38 heavy (non-hydrogen) atoms. The molecule has 4 rings (SSSR count). The number of carbonyl (C=O) groups excluding carboxylic acids is 1. The predicted octanol–water partition coefficient (Wildman–Crippen LogP) is 4.17. The fourth-order valence-electron chi connectivity index (χ4n) is 5.01. The van der Waals surface area contributed by atoms with Crippen LogP contribution in [0.1, 0.15) is 53.7 Å². The van der Waals surface area contributed by atoms with Crippen LogP contribution in [0.3, 0.4) is 0 Å². The maximum atomic E-state index is 13.8. The lowest BCUT2D eigenvalue weighted by molar-refractivity contribution is -0.139. The van der Waals surface area contributed by atoms with Gasteiger partial charge in [0.25, 0.3) is 5.91 Å². The number of nitrogens with zero attached hydrogens (tertiary/aromatic N) is 2. The van der Waals surface area contributed by atoms with Gasteiger partial charge in [-0.25, -0.2) is 14.2 Å². The second kappa shape index (κ2) is 12.9. The Morgan fingerprint density at radius 2 is 2.11 bits per heavy atom. The molecule has 1 saturated carbocycles. The summed E-state index contributed by atoms with van der Waals surface area (Å²) in [6.07, 6.45) is 6.56. The molecular weight excluding hydrogens is 511 g/mol. The monoisotopic (exact) mass is 546 g/mol. The van der Waals surface area contributed by atoms with Crippen LogP contribution in [-0.2, 0) is 22.4 Å². The summed E-state index contributed by atoms with van der Waals surface area (Å²) in [5.41, 5.74) is 2.47. The highest BCUT2D eigenvalue weighted by Crippen LogP contribution is 2.50. The molecule has 1 atom stereocenters. The maximum Gasteiger partial charge on any atom is 0.326 e. The van der Waals surface area contributed by atoms with Gasteiger partial charge in [-0.15, -0.1) is 0 Å². The number of benzene rings is 1. The van der Waals surface area contributed by atoms with Gasteiger partial charge in [0.1, 0.15) is 17.7 Å². The summed E-state index contributed by atoms with van der Waals surface area (Å²) in [5, 5.41) is 15.3. The average Bonchev–Trinajstić information content (AvgIpc) is 3.68. The van der Waals surface area contributed by atoms with Crippen molar-refractivity contribution in [1.29, 1.82) is 0 Å². The number of pyridine rings is 1. The molecule has 1 unspecified atom stereocenters. The van der Waals surface area contributed by atoms with E-state index in [1.165, 1.54) is 17.7 Å². The normalized spacial score (nSPS) is 16.4. The summed E-state index contributed by atoms with van der Waals surface area (Å²) in [4.78, 5) is 31.6. The Kier molecular flexibility index (Phi) is 9.57. The number of hydrogen-bond donors (Lipinski definition) is 3. The molecule has 2 heterocycles. The smallest absolute Gasteiger partial charge is 0.326 e. The van der Waals surface area contributed by atoms with Crippen molar-refractivity contribution in [3.8, 4) is 0 Å². The van der Waals surface area contributed by atoms with E-state index in [4.69, 9.17) is 21.3 Å². The van der Waals surface area contributed by atoms with Crippen LogP contribution < -0.4 is 10.6 Å². The molecule has 1 aromatic heterocycles. The van der Waals surface area contributed by atoms with Gasteiger partial charge in [0, 0.05) is 39.0 Å². The van der Waals surface area contributed by atoms with Crippen molar-refractivity contribution in [3.63, 3.8) is 0 Å². The van der Waals surface area contributed by atoms with Crippen LogP contribution in [0, 0.1) is 11.2 Å². The molecule has 1 amide bonds. The number of amides is 1. The van der Waals surface area contributed by atoms with Gasteiger partial charge in [0.05, 0.1) is 17.2 Å². The van der Waals surface area contributed by atoms with Crippen LogP contribution in [-0.4, -0.2) is 72.8 Å². The van der Waals surface area contributed by atoms with Gasteiger partial charge in [0.2, 0.25) is 0 Å². The second-order valence-electron chi connectivity index (χ2n) is 10.4. The number of fused-ring (bicyclic) bond motifs is 1. The Morgan fingerprint density at radius 1 is 1.29 bits per heavy atom. The first-order chi connectivity index (χ1) is 18.3. The predicted molar refractivity (Wildman–Crippen MR) is 144 cm³/mol. The van der Waals surface area contributed by atoms with Crippen LogP contribution in [0.15, 0.2) is 30.3 Å². The van der Waals surface area contributed by atoms with Gasteiger partial charge in [-0.2, -0.15) is 0 Å². The van der Waals surface area contributed by atoms with E-state index < -0.39 is 23.7 Å². The largest absolute Gasteiger partial charge is 0.480 e. The summed E-state index contributed by atoms with van der Waals surface area (Å²) >= 11 is 5.91. The number of carboxylic acid groups (broad SMARTS) is 1. The summed E-state index contributed by atoms with van der Waals surface area (Å²) in [6.45, 7) is 3.46. The zero-order valence-electron chi connectivity index (χ0n) is 21.8. The number of carbonyl (C=O) groups is 2. The molecule has 3 N–H and O–H groups in total. The molecule has 206 valence electrons. The lowest BCUT2D eigenvalue weighted by Crippen LogP contribution is -2.44. The third kappa shape index (κ3) is 7.42. The summed E-state index contributed by atoms with van der Waals surface area (Å²) in [6, 6.07) is 7.07. The Hall–Kier alpha value is -2.75. The van der Waals surface area contributed by atoms with Crippen LogP contribution in [0.25, 0.3) is 0 Å². The van der Waals surface area contributed by atoms with Crippen molar-refractivity contribution in [2.75, 3.05) is 45.2 Å². The first kappa shape index (κ1) is 28.3. The molecule has 2 aromatic rings. The highest BCUT2D eigenvalue weighted by atomic mass is 35.5. The Morgan fingerprint density at radius 3 is 2.84 bits per heavy atom. The van der Waals surface area contributed by atoms with Gasteiger partial charge in [-0.1, -0.05) is 23.7 Å². The lowest BCUT2D eigenvalue weighted by atomic mass is 9.97. The molecule has 0 saturated heterocycles. The molecule has 10 heteroatoms. The minimum Gasteiger partial charge on any atom is -0.480 e. The van der Waals surface area contributed by atoms with E-state index >= 15 is 0 Å². The molecule has 1 aliphatic heterocycles. The highest BCUT2D eigenvalue weighted by Gasteiger charge is 2.43. The molecule has 0 bridgehead atoms. The number of hydrogen-bond acceptors (Lipinski definition) is 6. The van der Waals surface area contributed by atoms with E-state index in [0.717, 1.165) is 69.2 Å². The molecule has 0 spiro atoms. The van der Waals surface area contributed by atoms with Crippen molar-refractivity contribution >= 4 is 29.3 Å². The van der Waals surface area contributed by atoms with Gasteiger partial charge in [-0.3, -0.25) is 4.79 Å². The van der Waals surface area contributed by atoms with E-state index in [2.05, 4.69) is 27.7 Å². The number of methoxy groups -OCH3 is 1. The number of aromatic nitrogens is 1. The second-order valence-corrected chi connectivity index (χ2v) is 10.7. The molecule has 0 radical (unpaired) electrons. The number of aliphatic carboxylic acids is 1. The number of ether oxygens (including phenoxy) is 1. The topological polar surface area (TPSA) is 104 Å². The first-order valence-corrected chi connectivity index (χ1v) is 13.6. The van der Waals surface area contributed by atoms with Crippen LogP contribution in [0.4, 0.5) is 10.2 Å². The third-order valence-corrected chi connectivity index (χ3v) is 7.91. The van der Waals surface area contributed by atoms with E-state index in [9.17, 15) is 19.1 Å². The molecular formula is C28H36ClFN4O4. The number of carboxylic acids is 1. The van der Waals surface area contributed by atoms with E-state index in [1.54, 1.807) is 7.11 Å². The van der Waals surface area contributed by atoms with Crippen molar-refractivity contribution < 1.29 is 23.8 Å². The number of halogens is 2. The molecule has 1 aromatic carbocycles. The average molecular weight is 547 g/mol. The highest BCUT2D eigenvalue weighted by molar-refractivity contribution is 6.34. The first-order valence-electron chi connectivity index (χ1n) is 13.2. The van der Waals surface area contributed by atoms with Crippen molar-refractivity contribution in [2.24, 2.45) is 5.41 Å². The van der Waals surface area contributed by atoms with Crippen LogP contribution in [0.2, 0.25) is 5.02 Å². The van der Waals surface area contributed by atoms with Crippen molar-refractivity contribution in [1.82, 2.24) is 15.2 Å². The Labute approximate surface area is 227 Å². The fraction of sp³-hybridized carbons (Fsp3) is 0.536. The number of aryl methyl sites for hydroxylation is 2. The Balaban J connectivity index is 1.34. The van der Waals surface area contributed by atoms with E-state index in [-0.39, 0.29) is 22.4 Å². The zero-order valence-corrected chi connectivity index (χ0v) is 22.5. The van der Waals surface area contributed by atoms with Crippen LogP contribution >= 0.6 is 11.6 Å². The van der Waals surface area contributed by atoms with Crippen molar-refractivity contribution in [3.05, 3.63) is 58.0 Å². The fourth-order valence-corrected chi connectivity index (χ4v) is 5.23. The maximum absolute atomic E-state index is 13.8. The summed E-state index contributed by atoms with van der Waals surface area (Å²) < 4.78 is 19.1. The van der Waals surface area contributed by atoms with E-state index in [1.807, 2.05) is 0 Å². The van der Waals surface area contributed by atoms with Crippen molar-refractivity contribution in [2.45, 2.75) is 51.0 Å². The zero-order chi connectivity index (χ0) is 27.1. The quantitative estimate of drug-likeness (QED) is 0.327. The molecule has 8 nitrogen and oxygen atoms in total. The number of rotatable bonds is 14. The Bertz CT molecular complexity index is 1140. The van der Waals surface area contributed by atoms with E-state index in [0.29, 0.717) is 19.7 Å². The minimum absolute atomic E-state index is 0.0860. The molecule has 1 fully saturated rings. The summed E-state index contributed by atoms with van der Waals surface area (Å²) in [5.74, 6) is -1.57. The SMILES string of the molecule is COCCN(CCC(NC(=O)c1cccc(F)c1Cl)C(=O)O)CC1(CCc2ccc3c(n2)NCCC3)CC1. The number of nitrogens with one attached hydrogen (secondary N) is 2. The van der Waals surface area contributed by atoms with Gasteiger partial charge in [-0.05, 0) is 74.1 Å².